The number of nitrogens with one attached hydrogen (secondary N) is 2. The summed E-state index contributed by atoms with van der Waals surface area (Å²) in [6, 6.07) is 5.98. The molecule has 130 valence electrons. The number of amides is 1. The second kappa shape index (κ2) is 8.89. The van der Waals surface area contributed by atoms with Crippen molar-refractivity contribution in [2.75, 3.05) is 25.6 Å². The lowest BCUT2D eigenvalue weighted by atomic mass is 9.89. The van der Waals surface area contributed by atoms with Crippen molar-refractivity contribution in [3.63, 3.8) is 0 Å². The molecule has 0 aliphatic rings. The number of anilines is 1. The van der Waals surface area contributed by atoms with Gasteiger partial charge in [0, 0.05) is 19.6 Å². The molecular formula is C18H30N2O3. The Morgan fingerprint density at radius 2 is 2.09 bits per heavy atom. The summed E-state index contributed by atoms with van der Waals surface area (Å²) in [4.78, 5) is 11.3. The van der Waals surface area contributed by atoms with Crippen molar-refractivity contribution in [3.8, 4) is 5.75 Å². The Morgan fingerprint density at radius 1 is 1.39 bits per heavy atom. The molecular weight excluding hydrogens is 292 g/mol. The third-order valence-corrected chi connectivity index (χ3v) is 3.94. The summed E-state index contributed by atoms with van der Waals surface area (Å²) in [5, 5.41) is 15.5. The topological polar surface area (TPSA) is 70.6 Å². The highest BCUT2D eigenvalue weighted by molar-refractivity contribution is 5.90. The summed E-state index contributed by atoms with van der Waals surface area (Å²) in [6.07, 6.45) is 1.98. The largest absolute Gasteiger partial charge is 0.495 e. The molecule has 5 nitrogen and oxygen atoms in total. The molecule has 5 heteroatoms. The molecule has 1 aromatic rings. The number of methoxy groups -OCH3 is 1. The molecule has 0 spiro atoms. The zero-order valence-corrected chi connectivity index (χ0v) is 14.9. The smallest absolute Gasteiger partial charge is 0.221 e. The Morgan fingerprint density at radius 3 is 2.65 bits per heavy atom. The maximum atomic E-state index is 11.3. The summed E-state index contributed by atoms with van der Waals surface area (Å²) in [5.41, 5.74) is 1.76. The fourth-order valence-corrected chi connectivity index (χ4v) is 2.36. The molecule has 23 heavy (non-hydrogen) atoms. The molecule has 0 saturated heterocycles. The van der Waals surface area contributed by atoms with E-state index in [9.17, 15) is 9.90 Å². The van der Waals surface area contributed by atoms with E-state index in [1.54, 1.807) is 7.11 Å². The van der Waals surface area contributed by atoms with Gasteiger partial charge in [0.15, 0.2) is 0 Å². The van der Waals surface area contributed by atoms with E-state index in [1.807, 2.05) is 18.2 Å². The summed E-state index contributed by atoms with van der Waals surface area (Å²) < 4.78 is 5.27. The number of aliphatic hydroxyl groups excluding tert-OH is 1. The maximum Gasteiger partial charge on any atom is 0.221 e. The highest BCUT2D eigenvalue weighted by Crippen LogP contribution is 2.28. The van der Waals surface area contributed by atoms with Crippen LogP contribution in [0.25, 0.3) is 0 Å². The fourth-order valence-electron chi connectivity index (χ4n) is 2.36. The number of aliphatic hydroxyl groups is 1. The van der Waals surface area contributed by atoms with Crippen LogP contribution < -0.4 is 15.4 Å². The number of benzene rings is 1. The maximum absolute atomic E-state index is 11.3. The van der Waals surface area contributed by atoms with Crippen LogP contribution in [0.15, 0.2) is 18.2 Å². The van der Waals surface area contributed by atoms with E-state index < -0.39 is 0 Å². The van der Waals surface area contributed by atoms with Gasteiger partial charge in [-0.25, -0.2) is 0 Å². The minimum absolute atomic E-state index is 0.0242. The summed E-state index contributed by atoms with van der Waals surface area (Å²) in [7, 11) is 1.59. The van der Waals surface area contributed by atoms with Gasteiger partial charge >= 0.3 is 0 Å². The zero-order valence-electron chi connectivity index (χ0n) is 14.9. The van der Waals surface area contributed by atoms with Gasteiger partial charge in [0.2, 0.25) is 5.91 Å². The van der Waals surface area contributed by atoms with Gasteiger partial charge in [-0.2, -0.15) is 0 Å². The first-order chi connectivity index (χ1) is 10.8. The Bertz CT molecular complexity index is 515. The van der Waals surface area contributed by atoms with Crippen LogP contribution in [-0.4, -0.2) is 31.3 Å². The Labute approximate surface area is 139 Å². The van der Waals surface area contributed by atoms with Gasteiger partial charge in [-0.1, -0.05) is 19.9 Å². The van der Waals surface area contributed by atoms with Gasteiger partial charge in [-0.3, -0.25) is 4.79 Å². The van der Waals surface area contributed by atoms with Gasteiger partial charge in [0.1, 0.15) is 5.75 Å². The van der Waals surface area contributed by atoms with Crippen LogP contribution in [-0.2, 0) is 4.79 Å². The molecule has 1 rings (SSSR count). The molecule has 0 heterocycles. The molecule has 1 atom stereocenters. The second-order valence-electron chi connectivity index (χ2n) is 6.74. The minimum atomic E-state index is -0.118. The van der Waals surface area contributed by atoms with Crippen molar-refractivity contribution in [1.29, 1.82) is 0 Å². The van der Waals surface area contributed by atoms with Gasteiger partial charge in [-0.05, 0) is 49.4 Å². The standard InChI is InChI=1S/C18H30N2O3/c1-13(19-10-6-9-18(3,4)12-21)15-7-8-17(23-5)16(11-15)20-14(2)22/h7-8,11,13,19,21H,6,9-10,12H2,1-5H3,(H,20,22). The van der Waals surface area contributed by atoms with Crippen LogP contribution in [0.4, 0.5) is 5.69 Å². The quantitative estimate of drug-likeness (QED) is 0.611. The molecule has 0 saturated carbocycles. The average Bonchev–Trinajstić information content (AvgIpc) is 2.50. The zero-order chi connectivity index (χ0) is 17.5. The van der Waals surface area contributed by atoms with Crippen LogP contribution in [0.5, 0.6) is 5.75 Å². The molecule has 0 radical (unpaired) electrons. The number of carbonyl (C=O) groups excluding carboxylic acids is 1. The lowest BCUT2D eigenvalue weighted by molar-refractivity contribution is -0.114. The summed E-state index contributed by atoms with van der Waals surface area (Å²) in [5.74, 6) is 0.535. The van der Waals surface area contributed by atoms with E-state index >= 15 is 0 Å². The van der Waals surface area contributed by atoms with E-state index in [4.69, 9.17) is 4.74 Å². The molecule has 1 amide bonds. The molecule has 0 aliphatic carbocycles. The van der Waals surface area contributed by atoms with E-state index in [0.717, 1.165) is 24.9 Å². The van der Waals surface area contributed by atoms with Crippen molar-refractivity contribution in [2.24, 2.45) is 5.41 Å². The van der Waals surface area contributed by atoms with Crippen molar-refractivity contribution >= 4 is 11.6 Å². The van der Waals surface area contributed by atoms with Crippen LogP contribution in [0.1, 0.15) is 52.1 Å². The number of hydrogen-bond acceptors (Lipinski definition) is 4. The van der Waals surface area contributed by atoms with Crippen molar-refractivity contribution in [1.82, 2.24) is 5.32 Å². The number of rotatable bonds is 9. The fraction of sp³-hybridized carbons (Fsp3) is 0.611. The molecule has 3 N–H and O–H groups in total. The van der Waals surface area contributed by atoms with Gasteiger partial charge in [0.05, 0.1) is 12.8 Å². The lowest BCUT2D eigenvalue weighted by Gasteiger charge is -2.22. The first kappa shape index (κ1) is 19.5. The van der Waals surface area contributed by atoms with Crippen molar-refractivity contribution < 1.29 is 14.6 Å². The Balaban J connectivity index is 2.62. The summed E-state index contributed by atoms with van der Waals surface area (Å²) in [6.45, 7) is 8.81. The minimum Gasteiger partial charge on any atom is -0.495 e. The van der Waals surface area contributed by atoms with Crippen molar-refractivity contribution in [3.05, 3.63) is 23.8 Å². The molecule has 1 unspecified atom stereocenters. The number of ether oxygens (including phenoxy) is 1. The second-order valence-corrected chi connectivity index (χ2v) is 6.74. The highest BCUT2D eigenvalue weighted by Gasteiger charge is 2.16. The first-order valence-corrected chi connectivity index (χ1v) is 8.09. The van der Waals surface area contributed by atoms with E-state index in [1.165, 1.54) is 6.92 Å². The normalized spacial score (nSPS) is 12.8. The van der Waals surface area contributed by atoms with Crippen LogP contribution in [0, 0.1) is 5.41 Å². The van der Waals surface area contributed by atoms with Gasteiger partial charge in [0.25, 0.3) is 0 Å². The lowest BCUT2D eigenvalue weighted by Crippen LogP contribution is -2.23. The Hall–Kier alpha value is -1.59. The average molecular weight is 322 g/mol. The van der Waals surface area contributed by atoms with Crippen molar-refractivity contribution in [2.45, 2.75) is 46.6 Å². The molecule has 0 aromatic heterocycles. The van der Waals surface area contributed by atoms with Gasteiger partial charge in [-0.15, -0.1) is 0 Å². The van der Waals surface area contributed by atoms with Crippen LogP contribution in [0.3, 0.4) is 0 Å². The molecule has 0 bridgehead atoms. The van der Waals surface area contributed by atoms with E-state index in [0.29, 0.717) is 11.4 Å². The predicted octanol–water partition coefficient (Wildman–Crippen LogP) is 3.10. The number of carbonyl (C=O) groups is 1. The first-order valence-electron chi connectivity index (χ1n) is 8.09. The third kappa shape index (κ3) is 6.59. The Kier molecular flexibility index (Phi) is 7.52. The molecule has 1 aromatic carbocycles. The summed E-state index contributed by atoms with van der Waals surface area (Å²) >= 11 is 0. The predicted molar refractivity (Wildman–Crippen MR) is 93.8 cm³/mol. The highest BCUT2D eigenvalue weighted by atomic mass is 16.5. The third-order valence-electron chi connectivity index (χ3n) is 3.94. The number of hydrogen-bond donors (Lipinski definition) is 3. The SMILES string of the molecule is COc1ccc(C(C)NCCCC(C)(C)CO)cc1NC(C)=O. The van der Waals surface area contributed by atoms with E-state index in [-0.39, 0.29) is 24.0 Å². The van der Waals surface area contributed by atoms with Crippen LogP contribution in [0.2, 0.25) is 0 Å². The van der Waals surface area contributed by atoms with Crippen LogP contribution >= 0.6 is 0 Å². The molecule has 0 fully saturated rings. The monoisotopic (exact) mass is 322 g/mol. The van der Waals surface area contributed by atoms with E-state index in [2.05, 4.69) is 31.4 Å². The van der Waals surface area contributed by atoms with Gasteiger partial charge < -0.3 is 20.5 Å². The molecule has 0 aliphatic heterocycles.